The predicted octanol–water partition coefficient (Wildman–Crippen LogP) is 4.47. The summed E-state index contributed by atoms with van der Waals surface area (Å²) in [5.41, 5.74) is 19.1. The first-order valence-corrected chi connectivity index (χ1v) is 16.4. The molecule has 0 spiro atoms. The summed E-state index contributed by atoms with van der Waals surface area (Å²) in [6.07, 6.45) is 0. The Balaban J connectivity index is 1.57. The molecule has 50 heavy (non-hydrogen) atoms. The van der Waals surface area contributed by atoms with Crippen LogP contribution < -0.4 is 46.4 Å². The van der Waals surface area contributed by atoms with E-state index >= 15 is 5.11 Å². The first-order valence-electron chi connectivity index (χ1n) is 16.4. The molecule has 242 valence electrons. The van der Waals surface area contributed by atoms with E-state index < -0.39 is 0 Å². The van der Waals surface area contributed by atoms with E-state index in [-0.39, 0.29) is 11.5 Å². The van der Waals surface area contributed by atoms with Crippen LogP contribution in [0.25, 0.3) is 59.1 Å². The molecule has 0 radical (unpaired) electrons. The lowest BCUT2D eigenvalue weighted by atomic mass is 9.73. The Kier molecular flexibility index (Phi) is 5.97. The zero-order valence-corrected chi connectivity index (χ0v) is 28.1. The van der Waals surface area contributed by atoms with Crippen molar-refractivity contribution in [2.45, 2.75) is 0 Å². The number of benzene rings is 6. The van der Waals surface area contributed by atoms with E-state index in [1.54, 1.807) is 0 Å². The van der Waals surface area contributed by atoms with E-state index in [9.17, 15) is 5.26 Å². The Bertz CT molecular complexity index is 2870. The fourth-order valence-electron chi connectivity index (χ4n) is 8.75. The Labute approximate surface area is 288 Å². The quantitative estimate of drug-likeness (QED) is 0.0886. The van der Waals surface area contributed by atoms with Gasteiger partial charge in [0.25, 0.3) is 5.70 Å². The average Bonchev–Trinajstić information content (AvgIpc) is 3.10. The number of hydrogen-bond donors (Lipinski definition) is 2. The van der Waals surface area contributed by atoms with Crippen molar-refractivity contribution in [2.75, 3.05) is 67.7 Å². The zero-order chi connectivity index (χ0) is 34.7. The molecule has 2 heterocycles. The van der Waals surface area contributed by atoms with Gasteiger partial charge < -0.3 is 31.3 Å². The van der Waals surface area contributed by atoms with Crippen LogP contribution in [0, 0.1) is 17.9 Å². The summed E-state index contributed by atoms with van der Waals surface area (Å²) >= 11 is 0. The Morgan fingerprint density at radius 3 is 2.22 bits per heavy atom. The van der Waals surface area contributed by atoms with Gasteiger partial charge in [-0.15, -0.1) is 0 Å². The number of nitrogens with zero attached hydrogens (tertiary/aromatic N) is 6. The van der Waals surface area contributed by atoms with Crippen molar-refractivity contribution in [2.24, 2.45) is 0 Å². The zero-order valence-electron chi connectivity index (χ0n) is 28.1. The van der Waals surface area contributed by atoms with Gasteiger partial charge in [-0.2, -0.15) is 0 Å². The van der Waals surface area contributed by atoms with Gasteiger partial charge in [-0.05, 0) is 57.5 Å². The normalized spacial score (nSPS) is 17.5. The van der Waals surface area contributed by atoms with Gasteiger partial charge >= 0.3 is 0 Å². The molecule has 0 bridgehead atoms. The molecule has 9 rings (SSSR count). The van der Waals surface area contributed by atoms with Crippen molar-refractivity contribution >= 4 is 82.7 Å². The highest BCUT2D eigenvalue weighted by Crippen LogP contribution is 2.56. The van der Waals surface area contributed by atoms with Crippen LogP contribution in [-0.4, -0.2) is 41.5 Å². The topological polar surface area (TPSA) is 116 Å². The van der Waals surface area contributed by atoms with Gasteiger partial charge in [0.1, 0.15) is 7.05 Å². The Morgan fingerprint density at radius 1 is 0.780 bits per heavy atom. The average molecular weight is 653 g/mol. The van der Waals surface area contributed by atoms with Crippen molar-refractivity contribution < 1.29 is 5.11 Å². The van der Waals surface area contributed by atoms with Crippen LogP contribution >= 0.6 is 0 Å². The maximum Gasteiger partial charge on any atom is 0.270 e. The lowest BCUT2D eigenvalue weighted by molar-refractivity contribution is -0.292. The van der Waals surface area contributed by atoms with Crippen LogP contribution in [0.2, 0.25) is 0 Å². The molecule has 0 saturated carbocycles. The molecule has 0 fully saturated rings. The highest BCUT2D eigenvalue weighted by molar-refractivity contribution is 6.31. The van der Waals surface area contributed by atoms with Gasteiger partial charge in [-0.25, -0.2) is 14.7 Å². The van der Waals surface area contributed by atoms with Crippen molar-refractivity contribution in [1.29, 1.82) is 5.26 Å². The van der Waals surface area contributed by atoms with E-state index in [4.69, 9.17) is 18.0 Å². The lowest BCUT2D eigenvalue weighted by Crippen LogP contribution is -2.42. The van der Waals surface area contributed by atoms with Gasteiger partial charge in [-0.3, -0.25) is 0 Å². The van der Waals surface area contributed by atoms with E-state index in [0.717, 1.165) is 60.0 Å². The summed E-state index contributed by atoms with van der Waals surface area (Å²) < 4.78 is 2.23. The molecule has 6 aromatic rings. The molecule has 6 aromatic carbocycles. The highest BCUT2D eigenvalue weighted by atomic mass is 16.3. The second-order valence-corrected chi connectivity index (χ2v) is 13.5. The number of hydrogen-bond acceptors (Lipinski definition) is 7. The third-order valence-corrected chi connectivity index (χ3v) is 10.6. The van der Waals surface area contributed by atoms with Crippen LogP contribution in [0.3, 0.4) is 0 Å². The monoisotopic (exact) mass is 652 g/mol. The van der Waals surface area contributed by atoms with Crippen LogP contribution in [0.15, 0.2) is 89.8 Å². The SMILES string of the molecule is [C-]#[N+]/C(C#N)=C1C(c2c3c(N)cccc3c3c4c(ccc(N)c24)N(C)CN3C)=C([O-])C/1=c1/c2ccccc2c2c3c(cccc13)N(C)C[N+]=2C. The van der Waals surface area contributed by atoms with Gasteiger partial charge in [0, 0.05) is 70.9 Å². The summed E-state index contributed by atoms with van der Waals surface area (Å²) in [5, 5.41) is 34.5. The van der Waals surface area contributed by atoms with Crippen LogP contribution in [0.1, 0.15) is 5.56 Å². The predicted molar refractivity (Wildman–Crippen MR) is 203 cm³/mol. The molecule has 0 amide bonds. The van der Waals surface area contributed by atoms with Gasteiger partial charge in [0.05, 0.1) is 41.5 Å². The molecule has 2 aliphatic heterocycles. The Morgan fingerprint density at radius 2 is 1.46 bits per heavy atom. The van der Waals surface area contributed by atoms with Crippen LogP contribution in [0.5, 0.6) is 0 Å². The molecule has 1 aliphatic carbocycles. The molecule has 0 unspecified atom stereocenters. The van der Waals surface area contributed by atoms with Crippen LogP contribution in [-0.2, 0) is 0 Å². The molecule has 0 atom stereocenters. The van der Waals surface area contributed by atoms with Crippen molar-refractivity contribution in [3.05, 3.63) is 117 Å². The fourth-order valence-corrected chi connectivity index (χ4v) is 8.75. The number of allylic oxidation sites excluding steroid dienone is 3. The van der Waals surface area contributed by atoms with Crippen molar-refractivity contribution in [3.63, 3.8) is 0 Å². The molecule has 4 N–H and O–H groups in total. The summed E-state index contributed by atoms with van der Waals surface area (Å²) in [4.78, 5) is 10.2. The smallest absolute Gasteiger partial charge is 0.270 e. The van der Waals surface area contributed by atoms with Crippen molar-refractivity contribution in [1.82, 2.24) is 4.58 Å². The van der Waals surface area contributed by atoms with E-state index in [1.165, 1.54) is 0 Å². The van der Waals surface area contributed by atoms with Crippen molar-refractivity contribution in [3.8, 4) is 6.07 Å². The second kappa shape index (κ2) is 10.1. The maximum absolute atomic E-state index is 15.2. The maximum atomic E-state index is 15.2. The summed E-state index contributed by atoms with van der Waals surface area (Å²) in [6.45, 7) is 9.54. The minimum Gasteiger partial charge on any atom is -0.872 e. The third-order valence-electron chi connectivity index (χ3n) is 10.6. The molecule has 3 aliphatic rings. The molecule has 0 aromatic heterocycles. The number of anilines is 5. The summed E-state index contributed by atoms with van der Waals surface area (Å²) in [6, 6.07) is 26.0. The van der Waals surface area contributed by atoms with E-state index in [0.29, 0.717) is 57.8 Å². The number of fused-ring (bicyclic) bond motifs is 4. The van der Waals surface area contributed by atoms with Gasteiger partial charge in [0.2, 0.25) is 12.0 Å². The van der Waals surface area contributed by atoms with E-state index in [1.807, 2.05) is 74.8 Å². The van der Waals surface area contributed by atoms with E-state index in [2.05, 4.69) is 56.4 Å². The fraction of sp³-hybridized carbons (Fsp3) is 0.146. The molecule has 9 nitrogen and oxygen atoms in total. The summed E-state index contributed by atoms with van der Waals surface area (Å²) in [5.74, 6) is -0.248. The third kappa shape index (κ3) is 3.56. The highest BCUT2D eigenvalue weighted by Gasteiger charge is 2.36. The lowest BCUT2D eigenvalue weighted by Gasteiger charge is -2.41. The summed E-state index contributed by atoms with van der Waals surface area (Å²) in [7, 11) is 8.19. The van der Waals surface area contributed by atoms with Gasteiger partial charge in [0.15, 0.2) is 0 Å². The minimum absolute atomic E-state index is 0.149. The van der Waals surface area contributed by atoms with Crippen LogP contribution in [0.4, 0.5) is 28.4 Å². The second-order valence-electron chi connectivity index (χ2n) is 13.5. The molecule has 9 heteroatoms. The largest absolute Gasteiger partial charge is 0.872 e. The minimum atomic E-state index is -0.248. The molecular formula is C41H32N8O. The number of nitrogen functional groups attached to an aromatic ring is 2. The number of rotatable bonds is 1. The standard InChI is InChI=1S/C41H32N8O/c1-45-27(18-42)34-37(30-21-10-6-7-11-22(21)39-32-23(30)12-9-15-28(32)46(2)19-48(39)4)41(50)38(34)36-31-24(13-8-14-25(31)43)40-35-29(47(3)20-49(40)5)17-16-26(44)33(35)36/h6-17H,19-20,43-44H2,2-5H3/b34-27+. The van der Waals surface area contributed by atoms with Gasteiger partial charge in [-0.1, -0.05) is 48.2 Å². The molecule has 0 saturated heterocycles. The first kappa shape index (κ1) is 29.4. The number of nitrogens with two attached hydrogens (primary N) is 2. The molecular weight excluding hydrogens is 621 g/mol. The first-order chi connectivity index (χ1) is 24.2. The number of nitriles is 1. The Hall–Kier alpha value is -6.71.